The van der Waals surface area contributed by atoms with Gasteiger partial charge in [0, 0.05) is 31.6 Å². The fraction of sp³-hybridized carbons (Fsp3) is 0.895. The van der Waals surface area contributed by atoms with Gasteiger partial charge in [-0.1, -0.05) is 33.8 Å². The summed E-state index contributed by atoms with van der Waals surface area (Å²) in [6.45, 7) is 15.2. The summed E-state index contributed by atoms with van der Waals surface area (Å²) in [5.41, 5.74) is 1.59. The molecule has 9 nitrogen and oxygen atoms in total. The van der Waals surface area contributed by atoms with Crippen LogP contribution in [0.1, 0.15) is 98.8 Å². The second kappa shape index (κ2) is 11.3. The molecular formula is C38H58N2O7. The first-order valence-electron chi connectivity index (χ1n) is 19.0. The van der Waals surface area contributed by atoms with Gasteiger partial charge >= 0.3 is 12.2 Å². The minimum Gasteiger partial charge on any atom is -0.443 e. The van der Waals surface area contributed by atoms with Gasteiger partial charge in [0.05, 0.1) is 31.5 Å². The molecule has 1 N–H and O–H groups in total. The molecule has 0 aromatic heterocycles. The molecule has 2 amide bonds. The molecule has 8 fully saturated rings. The Morgan fingerprint density at radius 2 is 1.68 bits per heavy atom. The molecule has 12 atom stereocenters. The topological polar surface area (TPSA) is 97.8 Å². The molecule has 2 spiro atoms. The van der Waals surface area contributed by atoms with Crippen molar-refractivity contribution in [3.8, 4) is 0 Å². The van der Waals surface area contributed by atoms with E-state index in [2.05, 4.69) is 40.7 Å². The van der Waals surface area contributed by atoms with E-state index in [1.54, 1.807) is 9.80 Å². The summed E-state index contributed by atoms with van der Waals surface area (Å²) in [4.78, 5) is 29.6. The number of aliphatic hydroxyl groups is 1. The zero-order chi connectivity index (χ0) is 32.9. The number of rotatable bonds is 4. The maximum Gasteiger partial charge on any atom is 0.410 e. The second-order valence-corrected chi connectivity index (χ2v) is 17.4. The number of hydrogen-bond acceptors (Lipinski definition) is 7. The molecule has 262 valence electrons. The molecular weight excluding hydrogens is 596 g/mol. The lowest BCUT2D eigenvalue weighted by atomic mass is 9.43. The Labute approximate surface area is 281 Å². The number of fused-ring (bicyclic) bond motifs is 4. The first-order valence-corrected chi connectivity index (χ1v) is 19.0. The van der Waals surface area contributed by atoms with Crippen LogP contribution in [0.25, 0.3) is 0 Å². The van der Waals surface area contributed by atoms with Crippen LogP contribution < -0.4 is 0 Å². The van der Waals surface area contributed by atoms with Crippen LogP contribution >= 0.6 is 0 Å². The van der Waals surface area contributed by atoms with Crippen LogP contribution in [-0.2, 0) is 18.9 Å². The number of ether oxygens (including phenoxy) is 4. The van der Waals surface area contributed by atoms with Crippen LogP contribution in [-0.4, -0.2) is 97.0 Å². The van der Waals surface area contributed by atoms with E-state index in [0.29, 0.717) is 44.1 Å². The maximum atomic E-state index is 13.1. The van der Waals surface area contributed by atoms with Gasteiger partial charge in [0.2, 0.25) is 0 Å². The van der Waals surface area contributed by atoms with Crippen molar-refractivity contribution in [1.29, 1.82) is 0 Å². The van der Waals surface area contributed by atoms with Crippen LogP contribution in [0.4, 0.5) is 9.59 Å². The van der Waals surface area contributed by atoms with E-state index in [-0.39, 0.29) is 64.2 Å². The van der Waals surface area contributed by atoms with Gasteiger partial charge in [-0.15, -0.1) is 0 Å². The zero-order valence-corrected chi connectivity index (χ0v) is 29.4. The maximum absolute atomic E-state index is 13.1. The van der Waals surface area contributed by atoms with Crippen molar-refractivity contribution in [1.82, 2.24) is 9.80 Å². The normalized spacial score (nSPS) is 48.3. The standard InChI is InChI=1S/C38H58N2O7/c1-6-24-25-9-11-29-36(5)32(41)31-26(8-10-28(45-31)30(23(2)3)47-34(43)39-16-7-17-39)35(36,4)14-15-38(29)22-37(25,38)13-12-27(24)46-33(42)40-18-20-44-21-19-40/h6,23,25-32,41H,7-22H2,1-5H3/b24-6-/t25?,26-,27?,28?,29?,30?,31?,32-,35?,36+,37?,38?/m0/s1. The number of morpholine rings is 1. The smallest absolute Gasteiger partial charge is 0.410 e. The van der Waals surface area contributed by atoms with Gasteiger partial charge < -0.3 is 33.9 Å². The van der Waals surface area contributed by atoms with Crippen molar-refractivity contribution in [2.75, 3.05) is 39.4 Å². The Morgan fingerprint density at radius 1 is 0.936 bits per heavy atom. The van der Waals surface area contributed by atoms with Crippen LogP contribution in [0, 0.1) is 45.3 Å². The summed E-state index contributed by atoms with van der Waals surface area (Å²) >= 11 is 0. The summed E-state index contributed by atoms with van der Waals surface area (Å²) in [7, 11) is 0. The number of allylic oxidation sites excluding steroid dienone is 1. The van der Waals surface area contributed by atoms with Gasteiger partial charge in [0.25, 0.3) is 0 Å². The highest BCUT2D eigenvalue weighted by Gasteiger charge is 2.83. The number of nitrogens with zero attached hydrogens (tertiary/aromatic N) is 2. The third-order valence-corrected chi connectivity index (χ3v) is 15.7. The molecule has 8 aliphatic rings. The van der Waals surface area contributed by atoms with E-state index < -0.39 is 6.10 Å². The first-order chi connectivity index (χ1) is 22.5. The highest BCUT2D eigenvalue weighted by Crippen LogP contribution is 2.88. The molecule has 8 rings (SSSR count). The molecule has 0 radical (unpaired) electrons. The van der Waals surface area contributed by atoms with E-state index in [9.17, 15) is 14.7 Å². The van der Waals surface area contributed by atoms with Gasteiger partial charge in [-0.05, 0) is 117 Å². The second-order valence-electron chi connectivity index (χ2n) is 17.4. The lowest BCUT2D eigenvalue weighted by Crippen LogP contribution is -2.58. The quantitative estimate of drug-likeness (QED) is 0.362. The molecule has 47 heavy (non-hydrogen) atoms. The van der Waals surface area contributed by atoms with Crippen molar-refractivity contribution in [3.63, 3.8) is 0 Å². The minimum absolute atomic E-state index is 0.00450. The minimum atomic E-state index is -0.539. The van der Waals surface area contributed by atoms with Gasteiger partial charge in [-0.3, -0.25) is 0 Å². The fourth-order valence-electron chi connectivity index (χ4n) is 13.0. The third kappa shape index (κ3) is 4.43. The molecule has 5 saturated carbocycles. The van der Waals surface area contributed by atoms with E-state index in [0.717, 1.165) is 64.5 Å². The number of amides is 2. The molecule has 0 bridgehead atoms. The Bertz CT molecular complexity index is 1290. The number of carbonyl (C=O) groups is 2. The lowest BCUT2D eigenvalue weighted by molar-refractivity contribution is -0.172. The van der Waals surface area contributed by atoms with Crippen molar-refractivity contribution in [2.24, 2.45) is 45.3 Å². The lowest BCUT2D eigenvalue weighted by Gasteiger charge is -2.61. The van der Waals surface area contributed by atoms with E-state index in [1.165, 1.54) is 18.4 Å². The van der Waals surface area contributed by atoms with Crippen molar-refractivity contribution >= 4 is 12.2 Å². The molecule has 5 aliphatic carbocycles. The predicted octanol–water partition coefficient (Wildman–Crippen LogP) is 6.18. The predicted molar refractivity (Wildman–Crippen MR) is 175 cm³/mol. The summed E-state index contributed by atoms with van der Waals surface area (Å²) in [5, 5.41) is 12.5. The molecule has 0 aromatic rings. The highest BCUT2D eigenvalue weighted by atomic mass is 16.6. The van der Waals surface area contributed by atoms with Crippen molar-refractivity contribution in [2.45, 2.75) is 129 Å². The van der Waals surface area contributed by atoms with Gasteiger partial charge in [-0.25, -0.2) is 9.59 Å². The summed E-state index contributed by atoms with van der Waals surface area (Å²) < 4.78 is 24.7. The number of likely N-dealkylation sites (tertiary alicyclic amines) is 1. The SMILES string of the molecule is C/C=C1\C(OC(=O)N2CCOCC2)CCC23CC24CCC2(C)[C@H]5CCC(C(OC(=O)N6CCC6)C(C)C)OC5[C@H](O)[C@@]2(C)C4CCC13. The first kappa shape index (κ1) is 32.4. The zero-order valence-electron chi connectivity index (χ0n) is 29.4. The Balaban J connectivity index is 1.01. The molecule has 0 aromatic carbocycles. The molecule has 9 heteroatoms. The van der Waals surface area contributed by atoms with E-state index >= 15 is 0 Å². The molecule has 3 saturated heterocycles. The van der Waals surface area contributed by atoms with Gasteiger partial charge in [0.1, 0.15) is 12.2 Å². The van der Waals surface area contributed by atoms with Crippen LogP contribution in [0.3, 0.4) is 0 Å². The monoisotopic (exact) mass is 654 g/mol. The Kier molecular flexibility index (Phi) is 7.81. The number of carbonyl (C=O) groups excluding carboxylic acids is 2. The van der Waals surface area contributed by atoms with Crippen molar-refractivity contribution < 1.29 is 33.6 Å². The molecule has 3 heterocycles. The summed E-state index contributed by atoms with van der Waals surface area (Å²) in [5.74, 6) is 1.34. The highest BCUT2D eigenvalue weighted by molar-refractivity contribution is 5.69. The third-order valence-electron chi connectivity index (χ3n) is 15.7. The van der Waals surface area contributed by atoms with Gasteiger partial charge in [-0.2, -0.15) is 0 Å². The largest absolute Gasteiger partial charge is 0.443 e. The van der Waals surface area contributed by atoms with Crippen LogP contribution in [0.2, 0.25) is 0 Å². The summed E-state index contributed by atoms with van der Waals surface area (Å²) in [6, 6.07) is 0. The van der Waals surface area contributed by atoms with E-state index in [4.69, 9.17) is 18.9 Å². The van der Waals surface area contributed by atoms with Crippen LogP contribution in [0.15, 0.2) is 11.6 Å². The number of hydrogen-bond donors (Lipinski definition) is 1. The fourth-order valence-corrected chi connectivity index (χ4v) is 13.0. The summed E-state index contributed by atoms with van der Waals surface area (Å²) in [6.07, 6.45) is 11.1. The Morgan fingerprint density at radius 3 is 2.36 bits per heavy atom. The number of aliphatic hydroxyl groups excluding tert-OH is 1. The molecule has 9 unspecified atom stereocenters. The molecule has 3 aliphatic heterocycles. The van der Waals surface area contributed by atoms with Gasteiger partial charge in [0.15, 0.2) is 0 Å². The van der Waals surface area contributed by atoms with E-state index in [1.807, 2.05) is 0 Å². The van der Waals surface area contributed by atoms with Crippen molar-refractivity contribution in [3.05, 3.63) is 11.6 Å². The average molecular weight is 655 g/mol. The van der Waals surface area contributed by atoms with Crippen LogP contribution in [0.5, 0.6) is 0 Å². The average Bonchev–Trinajstić information content (AvgIpc) is 3.67. The Hall–Kier alpha value is -1.84.